The zero-order chi connectivity index (χ0) is 22.4. The monoisotopic (exact) mass is 419 g/mol. The number of carbonyl (C=O) groups is 2. The summed E-state index contributed by atoms with van der Waals surface area (Å²) in [5.74, 6) is -1.02. The fourth-order valence-corrected chi connectivity index (χ4v) is 3.46. The van der Waals surface area contributed by atoms with Crippen molar-refractivity contribution in [1.29, 1.82) is 0 Å². The summed E-state index contributed by atoms with van der Waals surface area (Å²) in [6.45, 7) is 4.50. The molecule has 0 aliphatic rings. The summed E-state index contributed by atoms with van der Waals surface area (Å²) in [6, 6.07) is 18.4. The second kappa shape index (κ2) is 9.84. The molecular formula is C24H25N3O4. The first kappa shape index (κ1) is 22.0. The smallest absolute Gasteiger partial charge is 0.344 e. The first-order valence-corrected chi connectivity index (χ1v) is 10.1. The van der Waals surface area contributed by atoms with Crippen molar-refractivity contribution in [3.63, 3.8) is 0 Å². The number of hydrogen-bond acceptors (Lipinski definition) is 5. The van der Waals surface area contributed by atoms with Crippen LogP contribution in [-0.4, -0.2) is 46.8 Å². The van der Waals surface area contributed by atoms with Crippen LogP contribution in [0.15, 0.2) is 65.5 Å². The van der Waals surface area contributed by atoms with Crippen LogP contribution in [0.2, 0.25) is 0 Å². The molecule has 1 heterocycles. The largest absolute Gasteiger partial charge is 0.465 e. The van der Waals surface area contributed by atoms with Gasteiger partial charge in [0.2, 0.25) is 5.91 Å². The van der Waals surface area contributed by atoms with Crippen LogP contribution in [0, 0.1) is 0 Å². The standard InChI is InChI=1S/C24H25N3O4/c1-4-26(5-2)19(28)16-27-23(29)21(24(30)31-3)20(17-12-8-6-9-13-17)22(25-27)18-14-10-7-11-15-18/h6-15H,4-5,16H2,1-3H3. The fraction of sp³-hybridized carbons (Fsp3) is 0.250. The molecule has 0 aliphatic carbocycles. The van der Waals surface area contributed by atoms with Crippen molar-refractivity contribution in [2.45, 2.75) is 20.4 Å². The van der Waals surface area contributed by atoms with Gasteiger partial charge in [0.1, 0.15) is 12.1 Å². The molecule has 2 aromatic carbocycles. The van der Waals surface area contributed by atoms with E-state index in [-0.39, 0.29) is 18.0 Å². The van der Waals surface area contributed by atoms with Gasteiger partial charge in [-0.05, 0) is 19.4 Å². The van der Waals surface area contributed by atoms with E-state index in [1.54, 1.807) is 17.0 Å². The van der Waals surface area contributed by atoms with Gasteiger partial charge in [-0.1, -0.05) is 60.7 Å². The van der Waals surface area contributed by atoms with E-state index in [0.29, 0.717) is 29.9 Å². The molecule has 1 aromatic heterocycles. The van der Waals surface area contributed by atoms with Gasteiger partial charge in [0, 0.05) is 24.2 Å². The second-order valence-electron chi connectivity index (χ2n) is 6.85. The van der Waals surface area contributed by atoms with E-state index in [9.17, 15) is 14.4 Å². The molecule has 7 nitrogen and oxygen atoms in total. The molecule has 0 unspecified atom stereocenters. The van der Waals surface area contributed by atoms with Crippen molar-refractivity contribution in [3.8, 4) is 22.4 Å². The highest BCUT2D eigenvalue weighted by molar-refractivity contribution is 6.00. The number of benzene rings is 2. The number of rotatable bonds is 7. The first-order valence-electron chi connectivity index (χ1n) is 10.1. The quantitative estimate of drug-likeness (QED) is 0.549. The lowest BCUT2D eigenvalue weighted by molar-refractivity contribution is -0.131. The van der Waals surface area contributed by atoms with Gasteiger partial charge in [-0.25, -0.2) is 9.48 Å². The molecule has 0 bridgehead atoms. The predicted octanol–water partition coefficient (Wildman–Crippen LogP) is 3.23. The first-order chi connectivity index (χ1) is 15.0. The zero-order valence-electron chi connectivity index (χ0n) is 17.9. The Bertz CT molecular complexity index is 1120. The van der Waals surface area contributed by atoms with Crippen LogP contribution in [0.25, 0.3) is 22.4 Å². The van der Waals surface area contributed by atoms with Crippen LogP contribution in [0.3, 0.4) is 0 Å². The fourth-order valence-electron chi connectivity index (χ4n) is 3.46. The van der Waals surface area contributed by atoms with E-state index in [2.05, 4.69) is 5.10 Å². The summed E-state index contributed by atoms with van der Waals surface area (Å²) in [6.07, 6.45) is 0. The summed E-state index contributed by atoms with van der Waals surface area (Å²) >= 11 is 0. The van der Waals surface area contributed by atoms with Crippen LogP contribution in [0.1, 0.15) is 24.2 Å². The predicted molar refractivity (Wildman–Crippen MR) is 119 cm³/mol. The van der Waals surface area contributed by atoms with Gasteiger partial charge in [0.25, 0.3) is 5.56 Å². The van der Waals surface area contributed by atoms with Gasteiger partial charge in [0.05, 0.1) is 12.8 Å². The maximum atomic E-state index is 13.3. The van der Waals surface area contributed by atoms with Crippen molar-refractivity contribution >= 4 is 11.9 Å². The minimum atomic E-state index is -0.771. The average molecular weight is 419 g/mol. The number of ether oxygens (including phenoxy) is 1. The Labute approximate surface area is 180 Å². The van der Waals surface area contributed by atoms with E-state index >= 15 is 0 Å². The third-order valence-corrected chi connectivity index (χ3v) is 5.06. The molecule has 3 aromatic rings. The van der Waals surface area contributed by atoms with Gasteiger partial charge >= 0.3 is 5.97 Å². The number of aromatic nitrogens is 2. The third kappa shape index (κ3) is 4.55. The summed E-state index contributed by atoms with van der Waals surface area (Å²) in [7, 11) is 1.23. The van der Waals surface area contributed by atoms with Crippen LogP contribution >= 0.6 is 0 Å². The maximum absolute atomic E-state index is 13.3. The van der Waals surface area contributed by atoms with Gasteiger partial charge in [-0.15, -0.1) is 0 Å². The number of carbonyl (C=O) groups excluding carboxylic acids is 2. The van der Waals surface area contributed by atoms with Crippen molar-refractivity contribution in [1.82, 2.24) is 14.7 Å². The molecule has 0 fully saturated rings. The van der Waals surface area contributed by atoms with Crippen molar-refractivity contribution in [2.75, 3.05) is 20.2 Å². The van der Waals surface area contributed by atoms with Gasteiger partial charge in [-0.3, -0.25) is 9.59 Å². The molecule has 0 saturated heterocycles. The van der Waals surface area contributed by atoms with Gasteiger partial charge in [-0.2, -0.15) is 5.10 Å². The molecule has 0 spiro atoms. The average Bonchev–Trinajstić information content (AvgIpc) is 2.81. The lowest BCUT2D eigenvalue weighted by atomic mass is 9.95. The summed E-state index contributed by atoms with van der Waals surface area (Å²) in [5, 5.41) is 4.54. The molecule has 0 aliphatic heterocycles. The Morgan fingerprint density at radius 1 is 0.935 bits per heavy atom. The van der Waals surface area contributed by atoms with Gasteiger partial charge < -0.3 is 9.64 Å². The Balaban J connectivity index is 2.32. The van der Waals surface area contributed by atoms with Crippen LogP contribution in [0.5, 0.6) is 0 Å². The summed E-state index contributed by atoms with van der Waals surface area (Å²) in [5.41, 5.74) is 1.39. The SMILES string of the molecule is CCN(CC)C(=O)Cn1nc(-c2ccccc2)c(-c2ccccc2)c(C(=O)OC)c1=O. The van der Waals surface area contributed by atoms with Crippen molar-refractivity contribution in [2.24, 2.45) is 0 Å². The molecule has 160 valence electrons. The highest BCUT2D eigenvalue weighted by Crippen LogP contribution is 2.32. The highest BCUT2D eigenvalue weighted by Gasteiger charge is 2.26. The summed E-state index contributed by atoms with van der Waals surface area (Å²) in [4.78, 5) is 40.3. The summed E-state index contributed by atoms with van der Waals surface area (Å²) < 4.78 is 6.00. The molecule has 7 heteroatoms. The normalized spacial score (nSPS) is 10.5. The van der Waals surface area contributed by atoms with Gasteiger partial charge in [0.15, 0.2) is 0 Å². The number of likely N-dealkylation sites (N-methyl/N-ethyl adjacent to an activating group) is 1. The molecule has 0 atom stereocenters. The molecule has 1 amide bonds. The van der Waals surface area contributed by atoms with E-state index in [1.807, 2.05) is 62.4 Å². The van der Waals surface area contributed by atoms with Crippen LogP contribution in [-0.2, 0) is 16.1 Å². The lowest BCUT2D eigenvalue weighted by Crippen LogP contribution is -2.39. The number of hydrogen-bond donors (Lipinski definition) is 0. The maximum Gasteiger partial charge on any atom is 0.344 e. The van der Waals surface area contributed by atoms with E-state index in [1.165, 1.54) is 7.11 Å². The Kier molecular flexibility index (Phi) is 6.97. The van der Waals surface area contributed by atoms with Crippen molar-refractivity contribution < 1.29 is 14.3 Å². The lowest BCUT2D eigenvalue weighted by Gasteiger charge is -2.20. The minimum Gasteiger partial charge on any atom is -0.465 e. The second-order valence-corrected chi connectivity index (χ2v) is 6.85. The Morgan fingerprint density at radius 3 is 2.00 bits per heavy atom. The topological polar surface area (TPSA) is 81.5 Å². The molecular weight excluding hydrogens is 394 g/mol. The molecule has 3 rings (SSSR count). The zero-order valence-corrected chi connectivity index (χ0v) is 17.9. The Morgan fingerprint density at radius 2 is 1.48 bits per heavy atom. The van der Waals surface area contributed by atoms with E-state index < -0.39 is 11.5 Å². The van der Waals surface area contributed by atoms with E-state index in [0.717, 1.165) is 10.2 Å². The number of esters is 1. The van der Waals surface area contributed by atoms with E-state index in [4.69, 9.17) is 4.74 Å². The molecule has 0 radical (unpaired) electrons. The number of methoxy groups -OCH3 is 1. The molecule has 31 heavy (non-hydrogen) atoms. The molecule has 0 saturated carbocycles. The molecule has 0 N–H and O–H groups in total. The minimum absolute atomic E-state index is 0.144. The third-order valence-electron chi connectivity index (χ3n) is 5.06. The van der Waals surface area contributed by atoms with Crippen molar-refractivity contribution in [3.05, 3.63) is 76.6 Å². The Hall–Kier alpha value is -3.74. The van der Waals surface area contributed by atoms with Crippen LogP contribution < -0.4 is 5.56 Å². The van der Waals surface area contributed by atoms with Crippen LogP contribution in [0.4, 0.5) is 0 Å². The number of nitrogens with zero attached hydrogens (tertiary/aromatic N) is 3. The highest BCUT2D eigenvalue weighted by atomic mass is 16.5. The number of amides is 1.